The summed E-state index contributed by atoms with van der Waals surface area (Å²) in [5, 5.41) is 12.7. The molecule has 0 aliphatic heterocycles. The standard InChI is InChI=1S/C17H18BrNO3S/c1-12(20)19-14-4-8-17(9-5-14)23-11-15(21)10-22-16-6-2-13(18)3-7-16/h2-9,15,21H,10-11H2,1H3,(H,19,20)/t15-/m1/s1. The van der Waals surface area contributed by atoms with Gasteiger partial charge in [-0.1, -0.05) is 15.9 Å². The van der Waals surface area contributed by atoms with Gasteiger partial charge >= 0.3 is 0 Å². The van der Waals surface area contributed by atoms with Crippen LogP contribution in [0.2, 0.25) is 0 Å². The van der Waals surface area contributed by atoms with Gasteiger partial charge < -0.3 is 15.2 Å². The zero-order valence-corrected chi connectivity index (χ0v) is 15.1. The maximum absolute atomic E-state index is 11.0. The van der Waals surface area contributed by atoms with Crippen LogP contribution in [0.3, 0.4) is 0 Å². The van der Waals surface area contributed by atoms with E-state index in [1.807, 2.05) is 48.5 Å². The molecule has 122 valence electrons. The number of hydrogen-bond donors (Lipinski definition) is 2. The fraction of sp³-hybridized carbons (Fsp3) is 0.235. The van der Waals surface area contributed by atoms with E-state index in [0.717, 1.165) is 20.8 Å². The quantitative estimate of drug-likeness (QED) is 0.697. The van der Waals surface area contributed by atoms with E-state index in [1.165, 1.54) is 6.92 Å². The number of rotatable bonds is 7. The third-order valence-corrected chi connectivity index (χ3v) is 4.56. The van der Waals surface area contributed by atoms with Crippen LogP contribution >= 0.6 is 27.7 Å². The minimum Gasteiger partial charge on any atom is -0.491 e. The van der Waals surface area contributed by atoms with Gasteiger partial charge in [0.25, 0.3) is 0 Å². The lowest BCUT2D eigenvalue weighted by molar-refractivity contribution is -0.114. The van der Waals surface area contributed by atoms with Gasteiger partial charge in [0.15, 0.2) is 0 Å². The minimum atomic E-state index is -0.557. The summed E-state index contributed by atoms with van der Waals surface area (Å²) in [5.41, 5.74) is 0.765. The van der Waals surface area contributed by atoms with Crippen LogP contribution in [-0.4, -0.2) is 29.5 Å². The summed E-state index contributed by atoms with van der Waals surface area (Å²) in [6, 6.07) is 15.0. The van der Waals surface area contributed by atoms with Crippen molar-refractivity contribution in [2.24, 2.45) is 0 Å². The van der Waals surface area contributed by atoms with E-state index < -0.39 is 6.10 Å². The summed E-state index contributed by atoms with van der Waals surface area (Å²) in [7, 11) is 0. The van der Waals surface area contributed by atoms with Crippen molar-refractivity contribution in [3.63, 3.8) is 0 Å². The number of halogens is 1. The third kappa shape index (κ3) is 6.64. The van der Waals surface area contributed by atoms with Gasteiger partial charge in [0.2, 0.25) is 5.91 Å². The van der Waals surface area contributed by atoms with E-state index in [-0.39, 0.29) is 12.5 Å². The average Bonchev–Trinajstić information content (AvgIpc) is 2.53. The normalized spacial score (nSPS) is 11.8. The summed E-state index contributed by atoms with van der Waals surface area (Å²) in [5.74, 6) is 1.18. The second kappa shape index (κ2) is 8.96. The van der Waals surface area contributed by atoms with Crippen LogP contribution in [0.4, 0.5) is 5.69 Å². The molecule has 0 saturated carbocycles. The van der Waals surface area contributed by atoms with Crippen molar-refractivity contribution in [2.45, 2.75) is 17.9 Å². The second-order valence-corrected chi connectivity index (χ2v) is 6.94. The monoisotopic (exact) mass is 395 g/mol. The van der Waals surface area contributed by atoms with E-state index in [4.69, 9.17) is 4.74 Å². The predicted molar refractivity (Wildman–Crippen MR) is 97.1 cm³/mol. The lowest BCUT2D eigenvalue weighted by Gasteiger charge is -2.12. The van der Waals surface area contributed by atoms with Crippen LogP contribution in [0.5, 0.6) is 5.75 Å². The van der Waals surface area contributed by atoms with Crippen LogP contribution < -0.4 is 10.1 Å². The number of aliphatic hydroxyl groups excluding tert-OH is 1. The van der Waals surface area contributed by atoms with Gasteiger partial charge in [0, 0.05) is 27.7 Å². The summed E-state index contributed by atoms with van der Waals surface area (Å²) in [6.07, 6.45) is -0.557. The lowest BCUT2D eigenvalue weighted by Crippen LogP contribution is -2.20. The van der Waals surface area contributed by atoms with Crippen LogP contribution in [0.1, 0.15) is 6.92 Å². The highest BCUT2D eigenvalue weighted by molar-refractivity contribution is 9.10. The maximum Gasteiger partial charge on any atom is 0.221 e. The minimum absolute atomic E-state index is 0.0917. The number of amides is 1. The molecule has 2 aromatic carbocycles. The number of aliphatic hydroxyl groups is 1. The Hall–Kier alpha value is -1.50. The zero-order valence-electron chi connectivity index (χ0n) is 12.7. The molecule has 23 heavy (non-hydrogen) atoms. The highest BCUT2D eigenvalue weighted by Crippen LogP contribution is 2.22. The predicted octanol–water partition coefficient (Wildman–Crippen LogP) is 3.94. The van der Waals surface area contributed by atoms with Crippen LogP contribution in [-0.2, 0) is 4.79 Å². The maximum atomic E-state index is 11.0. The molecule has 4 nitrogen and oxygen atoms in total. The molecule has 0 fully saturated rings. The average molecular weight is 396 g/mol. The summed E-state index contributed by atoms with van der Waals surface area (Å²) >= 11 is 4.91. The Morgan fingerprint density at radius 2 is 1.87 bits per heavy atom. The first-order chi connectivity index (χ1) is 11.0. The molecule has 0 aliphatic rings. The highest BCUT2D eigenvalue weighted by atomic mass is 79.9. The summed E-state index contributed by atoms with van der Waals surface area (Å²) < 4.78 is 6.53. The van der Waals surface area contributed by atoms with E-state index in [0.29, 0.717) is 5.75 Å². The van der Waals surface area contributed by atoms with Crippen molar-refractivity contribution < 1.29 is 14.6 Å². The molecule has 1 amide bonds. The van der Waals surface area contributed by atoms with Crippen molar-refractivity contribution in [3.8, 4) is 5.75 Å². The molecule has 0 spiro atoms. The molecule has 2 N–H and O–H groups in total. The van der Waals surface area contributed by atoms with Gasteiger partial charge in [-0.15, -0.1) is 11.8 Å². The van der Waals surface area contributed by atoms with Crippen LogP contribution in [0.15, 0.2) is 57.9 Å². The number of ether oxygens (including phenoxy) is 1. The van der Waals surface area contributed by atoms with Gasteiger partial charge in [0.05, 0.1) is 6.10 Å². The molecule has 0 saturated heterocycles. The smallest absolute Gasteiger partial charge is 0.221 e. The Bertz CT molecular complexity index is 631. The molecule has 2 rings (SSSR count). The molecule has 1 atom stereocenters. The van der Waals surface area contributed by atoms with Gasteiger partial charge in [-0.25, -0.2) is 0 Å². The Morgan fingerprint density at radius 1 is 1.22 bits per heavy atom. The van der Waals surface area contributed by atoms with Gasteiger partial charge in [0.1, 0.15) is 12.4 Å². The molecule has 2 aromatic rings. The van der Waals surface area contributed by atoms with Gasteiger partial charge in [-0.3, -0.25) is 4.79 Å². The second-order valence-electron chi connectivity index (χ2n) is 4.94. The number of hydrogen-bond acceptors (Lipinski definition) is 4. The van der Waals surface area contributed by atoms with Crippen molar-refractivity contribution in [2.75, 3.05) is 17.7 Å². The Kier molecular flexibility index (Phi) is 6.95. The van der Waals surface area contributed by atoms with Crippen molar-refractivity contribution in [1.29, 1.82) is 0 Å². The van der Waals surface area contributed by atoms with Crippen molar-refractivity contribution in [3.05, 3.63) is 53.0 Å². The van der Waals surface area contributed by atoms with E-state index in [9.17, 15) is 9.90 Å². The van der Waals surface area contributed by atoms with E-state index in [2.05, 4.69) is 21.2 Å². The number of carbonyl (C=O) groups is 1. The first-order valence-corrected chi connectivity index (χ1v) is 8.87. The molecule has 0 aliphatic carbocycles. The topological polar surface area (TPSA) is 58.6 Å². The Labute approximate surface area is 148 Å². The molecular formula is C17H18BrNO3S. The molecule has 0 radical (unpaired) electrons. The highest BCUT2D eigenvalue weighted by Gasteiger charge is 2.07. The third-order valence-electron chi connectivity index (χ3n) is 2.87. The molecule has 0 bridgehead atoms. The zero-order chi connectivity index (χ0) is 16.7. The SMILES string of the molecule is CC(=O)Nc1ccc(SC[C@H](O)COc2ccc(Br)cc2)cc1. The van der Waals surface area contributed by atoms with E-state index in [1.54, 1.807) is 11.8 Å². The number of carbonyl (C=O) groups excluding carboxylic acids is 1. The molecule has 0 unspecified atom stereocenters. The summed E-state index contributed by atoms with van der Waals surface area (Å²) in [6.45, 7) is 1.73. The molecular weight excluding hydrogens is 378 g/mol. The fourth-order valence-corrected chi connectivity index (χ4v) is 2.88. The van der Waals surface area contributed by atoms with Crippen LogP contribution in [0.25, 0.3) is 0 Å². The first kappa shape index (κ1) is 17.8. The van der Waals surface area contributed by atoms with Gasteiger partial charge in [-0.05, 0) is 48.5 Å². The molecule has 0 aromatic heterocycles. The lowest BCUT2D eigenvalue weighted by atomic mass is 10.3. The fourth-order valence-electron chi connectivity index (χ4n) is 1.80. The number of benzene rings is 2. The number of thioether (sulfide) groups is 1. The van der Waals surface area contributed by atoms with Crippen LogP contribution in [0, 0.1) is 0 Å². The largest absolute Gasteiger partial charge is 0.491 e. The Balaban J connectivity index is 1.74. The molecule has 6 heteroatoms. The first-order valence-electron chi connectivity index (χ1n) is 7.10. The van der Waals surface area contributed by atoms with Gasteiger partial charge in [-0.2, -0.15) is 0 Å². The number of nitrogens with one attached hydrogen (secondary N) is 1. The summed E-state index contributed by atoms with van der Waals surface area (Å²) in [4.78, 5) is 12.0. The Morgan fingerprint density at radius 3 is 2.48 bits per heavy atom. The van der Waals surface area contributed by atoms with Crippen molar-refractivity contribution in [1.82, 2.24) is 0 Å². The number of anilines is 1. The van der Waals surface area contributed by atoms with E-state index >= 15 is 0 Å². The molecule has 0 heterocycles. The van der Waals surface area contributed by atoms with Crippen molar-refractivity contribution >= 4 is 39.3 Å².